The van der Waals surface area contributed by atoms with E-state index in [1.54, 1.807) is 24.8 Å². The summed E-state index contributed by atoms with van der Waals surface area (Å²) in [6, 6.07) is 4.62. The molecule has 0 saturated carbocycles. The summed E-state index contributed by atoms with van der Waals surface area (Å²) in [7, 11) is 0. The fraction of sp³-hybridized carbons (Fsp3) is 0.533. The molecule has 0 radical (unpaired) electrons. The van der Waals surface area contributed by atoms with Crippen molar-refractivity contribution in [2.75, 3.05) is 37.7 Å². The summed E-state index contributed by atoms with van der Waals surface area (Å²) in [5.41, 5.74) is 7.23. The highest BCUT2D eigenvalue weighted by molar-refractivity contribution is 5.68. The molecular weight excluding hydrogens is 273 g/mol. The van der Waals surface area contributed by atoms with Crippen molar-refractivity contribution in [1.29, 1.82) is 0 Å². The van der Waals surface area contributed by atoms with Crippen molar-refractivity contribution < 1.29 is 13.9 Å². The molecule has 1 heterocycles. The van der Waals surface area contributed by atoms with Crippen LogP contribution < -0.4 is 10.6 Å². The number of anilines is 1. The molecule has 0 aromatic heterocycles. The van der Waals surface area contributed by atoms with Crippen LogP contribution in [0.2, 0.25) is 0 Å². The molecule has 1 unspecified atom stereocenters. The number of halogens is 1. The van der Waals surface area contributed by atoms with Gasteiger partial charge in [0.15, 0.2) is 0 Å². The van der Waals surface area contributed by atoms with Crippen LogP contribution in [0.4, 0.5) is 14.9 Å². The van der Waals surface area contributed by atoms with Gasteiger partial charge in [-0.1, -0.05) is 6.07 Å². The lowest BCUT2D eigenvalue weighted by molar-refractivity contribution is 0.105. The fourth-order valence-electron chi connectivity index (χ4n) is 2.60. The van der Waals surface area contributed by atoms with Gasteiger partial charge in [-0.05, 0) is 26.0 Å². The highest BCUT2D eigenvalue weighted by atomic mass is 19.1. The summed E-state index contributed by atoms with van der Waals surface area (Å²) in [6.07, 6.45) is -0.288. The van der Waals surface area contributed by atoms with E-state index in [1.165, 1.54) is 6.07 Å². The minimum Gasteiger partial charge on any atom is -0.450 e. The molecule has 6 heteroatoms. The Morgan fingerprint density at radius 3 is 2.62 bits per heavy atom. The Kier molecular flexibility index (Phi) is 5.01. The van der Waals surface area contributed by atoms with Crippen molar-refractivity contribution in [2.24, 2.45) is 5.73 Å². The summed E-state index contributed by atoms with van der Waals surface area (Å²) >= 11 is 0. The van der Waals surface area contributed by atoms with Crippen LogP contribution in [0.15, 0.2) is 18.2 Å². The van der Waals surface area contributed by atoms with Crippen LogP contribution in [0.1, 0.15) is 25.5 Å². The molecule has 116 valence electrons. The number of amides is 1. The van der Waals surface area contributed by atoms with Gasteiger partial charge in [0.05, 0.1) is 6.61 Å². The molecule has 0 aliphatic carbocycles. The van der Waals surface area contributed by atoms with Gasteiger partial charge in [0.25, 0.3) is 0 Å². The molecule has 1 atom stereocenters. The standard InChI is InChI=1S/C15H22FN3O2/c1-3-21-15(20)19-9-7-18(8-10-19)13-6-4-5-12(16)14(13)11(2)17/h4-6,11H,3,7-10,17H2,1-2H3. The van der Waals surface area contributed by atoms with Crippen molar-refractivity contribution in [3.63, 3.8) is 0 Å². The van der Waals surface area contributed by atoms with Crippen LogP contribution in [0, 0.1) is 5.82 Å². The van der Waals surface area contributed by atoms with Gasteiger partial charge in [0.1, 0.15) is 5.82 Å². The molecule has 1 aromatic rings. The Morgan fingerprint density at radius 1 is 1.38 bits per heavy atom. The van der Waals surface area contributed by atoms with E-state index in [-0.39, 0.29) is 18.0 Å². The third-order valence-electron chi connectivity index (χ3n) is 3.63. The highest BCUT2D eigenvalue weighted by Crippen LogP contribution is 2.28. The Hall–Kier alpha value is -1.82. The molecule has 21 heavy (non-hydrogen) atoms. The first-order valence-corrected chi connectivity index (χ1v) is 7.25. The maximum Gasteiger partial charge on any atom is 0.409 e. The molecule has 1 aliphatic heterocycles. The van der Waals surface area contributed by atoms with Crippen molar-refractivity contribution in [3.05, 3.63) is 29.6 Å². The lowest BCUT2D eigenvalue weighted by Gasteiger charge is -2.36. The van der Waals surface area contributed by atoms with E-state index in [9.17, 15) is 9.18 Å². The number of carbonyl (C=O) groups is 1. The second-order valence-electron chi connectivity index (χ2n) is 5.13. The monoisotopic (exact) mass is 295 g/mol. The Balaban J connectivity index is 2.09. The van der Waals surface area contributed by atoms with Crippen molar-refractivity contribution >= 4 is 11.8 Å². The largest absolute Gasteiger partial charge is 0.450 e. The predicted octanol–water partition coefficient (Wildman–Crippen LogP) is 2.12. The summed E-state index contributed by atoms with van der Waals surface area (Å²) in [6.45, 7) is 6.34. The van der Waals surface area contributed by atoms with E-state index in [0.717, 1.165) is 5.69 Å². The molecule has 1 amide bonds. The molecule has 5 nitrogen and oxygen atoms in total. The zero-order valence-electron chi connectivity index (χ0n) is 12.5. The van der Waals surface area contributed by atoms with E-state index < -0.39 is 0 Å². The van der Waals surface area contributed by atoms with Gasteiger partial charge < -0.3 is 20.3 Å². The van der Waals surface area contributed by atoms with Crippen molar-refractivity contribution in [1.82, 2.24) is 4.90 Å². The molecule has 2 rings (SSSR count). The average Bonchev–Trinajstić information content (AvgIpc) is 2.47. The van der Waals surface area contributed by atoms with Crippen molar-refractivity contribution in [3.8, 4) is 0 Å². The number of ether oxygens (including phenoxy) is 1. The number of benzene rings is 1. The van der Waals surface area contributed by atoms with Crippen LogP contribution in [0.25, 0.3) is 0 Å². The van der Waals surface area contributed by atoms with Gasteiger partial charge in [0, 0.05) is 43.5 Å². The van der Waals surface area contributed by atoms with Gasteiger partial charge in [-0.15, -0.1) is 0 Å². The molecule has 0 bridgehead atoms. The maximum absolute atomic E-state index is 14.0. The van der Waals surface area contributed by atoms with Gasteiger partial charge >= 0.3 is 6.09 Å². The summed E-state index contributed by atoms with van der Waals surface area (Å²) in [5.74, 6) is -0.282. The van der Waals surface area contributed by atoms with E-state index in [4.69, 9.17) is 10.5 Å². The van der Waals surface area contributed by atoms with Gasteiger partial charge in [0.2, 0.25) is 0 Å². The van der Waals surface area contributed by atoms with Crippen LogP contribution in [0.5, 0.6) is 0 Å². The summed E-state index contributed by atoms with van der Waals surface area (Å²) < 4.78 is 19.0. The third kappa shape index (κ3) is 3.44. The van der Waals surface area contributed by atoms with Crippen LogP contribution in [0.3, 0.4) is 0 Å². The Bertz CT molecular complexity index is 500. The van der Waals surface area contributed by atoms with Crippen LogP contribution >= 0.6 is 0 Å². The normalized spacial score (nSPS) is 16.8. The molecule has 2 N–H and O–H groups in total. The van der Waals surface area contributed by atoms with E-state index >= 15 is 0 Å². The topological polar surface area (TPSA) is 58.8 Å². The van der Waals surface area contributed by atoms with Gasteiger partial charge in [-0.25, -0.2) is 9.18 Å². The molecular formula is C15H22FN3O2. The summed E-state index contributed by atoms with van der Waals surface area (Å²) in [4.78, 5) is 15.4. The fourth-order valence-corrected chi connectivity index (χ4v) is 2.60. The maximum atomic E-state index is 14.0. The predicted molar refractivity (Wildman–Crippen MR) is 79.8 cm³/mol. The zero-order chi connectivity index (χ0) is 15.4. The molecule has 1 aromatic carbocycles. The molecule has 1 saturated heterocycles. The zero-order valence-corrected chi connectivity index (χ0v) is 12.5. The number of nitrogens with zero attached hydrogens (tertiary/aromatic N) is 2. The second kappa shape index (κ2) is 6.76. The van der Waals surface area contributed by atoms with E-state index in [2.05, 4.69) is 4.90 Å². The number of rotatable bonds is 3. The second-order valence-corrected chi connectivity index (χ2v) is 5.13. The number of carbonyl (C=O) groups excluding carboxylic acids is 1. The van der Waals surface area contributed by atoms with Gasteiger partial charge in [-0.3, -0.25) is 0 Å². The first-order chi connectivity index (χ1) is 10.0. The number of hydrogen-bond donors (Lipinski definition) is 1. The van der Waals surface area contributed by atoms with Gasteiger partial charge in [-0.2, -0.15) is 0 Å². The quantitative estimate of drug-likeness (QED) is 0.928. The number of hydrogen-bond acceptors (Lipinski definition) is 4. The lowest BCUT2D eigenvalue weighted by Crippen LogP contribution is -2.49. The Labute approximate surface area is 124 Å². The minimum atomic E-state index is -0.371. The molecule has 1 fully saturated rings. The van der Waals surface area contributed by atoms with Crippen molar-refractivity contribution in [2.45, 2.75) is 19.9 Å². The average molecular weight is 295 g/mol. The Morgan fingerprint density at radius 2 is 2.05 bits per heavy atom. The van der Waals surface area contributed by atoms with Crippen LogP contribution in [-0.4, -0.2) is 43.8 Å². The first-order valence-electron chi connectivity index (χ1n) is 7.25. The van der Waals surface area contributed by atoms with Crippen LogP contribution in [-0.2, 0) is 4.74 Å². The first kappa shape index (κ1) is 15.6. The number of nitrogens with two attached hydrogens (primary N) is 1. The highest BCUT2D eigenvalue weighted by Gasteiger charge is 2.24. The van der Waals surface area contributed by atoms with E-state index in [1.807, 2.05) is 6.07 Å². The number of piperazine rings is 1. The molecule has 1 aliphatic rings. The SMILES string of the molecule is CCOC(=O)N1CCN(c2cccc(F)c2C(C)N)CC1. The lowest BCUT2D eigenvalue weighted by atomic mass is 10.0. The molecule has 0 spiro atoms. The van der Waals surface area contributed by atoms with E-state index in [0.29, 0.717) is 38.3 Å². The summed E-state index contributed by atoms with van der Waals surface area (Å²) in [5, 5.41) is 0. The minimum absolute atomic E-state index is 0.282. The third-order valence-corrected chi connectivity index (χ3v) is 3.63. The smallest absolute Gasteiger partial charge is 0.409 e.